The van der Waals surface area contributed by atoms with Crippen LogP contribution >= 0.6 is 0 Å². The average Bonchev–Trinajstić information content (AvgIpc) is 2.94. The van der Waals surface area contributed by atoms with Crippen molar-refractivity contribution < 1.29 is 17.6 Å². The van der Waals surface area contributed by atoms with Gasteiger partial charge in [-0.15, -0.1) is 0 Å². The van der Waals surface area contributed by atoms with Crippen LogP contribution in [0.25, 0.3) is 0 Å². The molecule has 1 aromatic carbocycles. The third kappa shape index (κ3) is 2.71. The minimum atomic E-state index is -3.59. The molecule has 6 heteroatoms. The SMILES string of the molecule is CC(=O)c1ccc2c(c1)CCN(S(=O)(=O)c1ccco1)CC2. The fourth-order valence-electron chi connectivity index (χ4n) is 2.70. The first-order valence-corrected chi connectivity index (χ1v) is 8.59. The van der Waals surface area contributed by atoms with Crippen LogP contribution in [-0.2, 0) is 22.9 Å². The molecule has 3 rings (SSSR count). The monoisotopic (exact) mass is 319 g/mol. The zero-order valence-corrected chi connectivity index (χ0v) is 13.1. The van der Waals surface area contributed by atoms with Gasteiger partial charge in [0.2, 0.25) is 5.09 Å². The van der Waals surface area contributed by atoms with Crippen molar-refractivity contribution in [3.8, 4) is 0 Å². The van der Waals surface area contributed by atoms with E-state index in [1.165, 1.54) is 23.6 Å². The van der Waals surface area contributed by atoms with E-state index in [1.54, 1.807) is 12.1 Å². The van der Waals surface area contributed by atoms with Crippen LogP contribution in [0.5, 0.6) is 0 Å². The Balaban J connectivity index is 1.86. The van der Waals surface area contributed by atoms with E-state index in [-0.39, 0.29) is 10.9 Å². The van der Waals surface area contributed by atoms with Gasteiger partial charge in [-0.1, -0.05) is 12.1 Å². The molecule has 0 atom stereocenters. The van der Waals surface area contributed by atoms with Crippen molar-refractivity contribution in [3.63, 3.8) is 0 Å². The van der Waals surface area contributed by atoms with Crippen LogP contribution < -0.4 is 0 Å². The van der Waals surface area contributed by atoms with Crippen LogP contribution in [-0.4, -0.2) is 31.6 Å². The maximum absolute atomic E-state index is 12.5. The summed E-state index contributed by atoms with van der Waals surface area (Å²) in [7, 11) is -3.59. The number of Topliss-reactive ketones (excluding diaryl/α,β-unsaturated/α-hetero) is 1. The smallest absolute Gasteiger partial charge is 0.276 e. The van der Waals surface area contributed by atoms with E-state index in [0.717, 1.165) is 11.1 Å². The van der Waals surface area contributed by atoms with Crippen molar-refractivity contribution in [1.29, 1.82) is 0 Å². The summed E-state index contributed by atoms with van der Waals surface area (Å²) >= 11 is 0. The third-order valence-corrected chi connectivity index (χ3v) is 5.75. The fraction of sp³-hybridized carbons (Fsp3) is 0.312. The highest BCUT2D eigenvalue weighted by Gasteiger charge is 2.28. The summed E-state index contributed by atoms with van der Waals surface area (Å²) in [6.45, 7) is 2.33. The van der Waals surface area contributed by atoms with Gasteiger partial charge < -0.3 is 4.42 Å². The quantitative estimate of drug-likeness (QED) is 0.814. The van der Waals surface area contributed by atoms with Crippen LogP contribution in [0, 0.1) is 0 Å². The van der Waals surface area contributed by atoms with Crippen molar-refractivity contribution in [2.45, 2.75) is 24.9 Å². The van der Waals surface area contributed by atoms with Crippen LogP contribution in [0.2, 0.25) is 0 Å². The molecule has 0 saturated carbocycles. The summed E-state index contributed by atoms with van der Waals surface area (Å²) in [5.41, 5.74) is 2.81. The van der Waals surface area contributed by atoms with Gasteiger partial charge in [-0.3, -0.25) is 4.79 Å². The van der Waals surface area contributed by atoms with E-state index in [0.29, 0.717) is 31.5 Å². The molecule has 22 heavy (non-hydrogen) atoms. The number of carbonyl (C=O) groups excluding carboxylic acids is 1. The van der Waals surface area contributed by atoms with Gasteiger partial charge in [-0.05, 0) is 49.1 Å². The molecule has 0 bridgehead atoms. The lowest BCUT2D eigenvalue weighted by molar-refractivity contribution is 0.101. The molecule has 2 heterocycles. The molecule has 0 spiro atoms. The van der Waals surface area contributed by atoms with Crippen LogP contribution in [0.3, 0.4) is 0 Å². The maximum atomic E-state index is 12.5. The number of fused-ring (bicyclic) bond motifs is 1. The largest absolute Gasteiger partial charge is 0.452 e. The normalized spacial score (nSPS) is 16.0. The summed E-state index contributed by atoms with van der Waals surface area (Å²) < 4.78 is 31.5. The van der Waals surface area contributed by atoms with Gasteiger partial charge in [-0.2, -0.15) is 4.31 Å². The third-order valence-electron chi connectivity index (χ3n) is 3.96. The minimum Gasteiger partial charge on any atom is -0.452 e. The number of benzene rings is 1. The molecule has 1 aromatic heterocycles. The summed E-state index contributed by atoms with van der Waals surface area (Å²) in [5.74, 6) is 0.0205. The van der Waals surface area contributed by atoms with E-state index in [9.17, 15) is 13.2 Å². The van der Waals surface area contributed by atoms with E-state index in [2.05, 4.69) is 0 Å². The Morgan fingerprint density at radius 1 is 1.14 bits per heavy atom. The first-order valence-electron chi connectivity index (χ1n) is 7.15. The first-order chi connectivity index (χ1) is 10.5. The van der Waals surface area contributed by atoms with Crippen molar-refractivity contribution in [2.24, 2.45) is 0 Å². The van der Waals surface area contributed by atoms with Crippen LogP contribution in [0.1, 0.15) is 28.4 Å². The number of sulfonamides is 1. The number of hydrogen-bond acceptors (Lipinski definition) is 4. The van der Waals surface area contributed by atoms with E-state index < -0.39 is 10.0 Å². The fourth-order valence-corrected chi connectivity index (χ4v) is 4.05. The number of ketones is 1. The molecule has 5 nitrogen and oxygen atoms in total. The van der Waals surface area contributed by atoms with Crippen molar-refractivity contribution >= 4 is 15.8 Å². The van der Waals surface area contributed by atoms with Crippen molar-refractivity contribution in [1.82, 2.24) is 4.31 Å². The minimum absolute atomic E-state index is 0.0205. The summed E-state index contributed by atoms with van der Waals surface area (Å²) in [5, 5.41) is -0.0251. The number of hydrogen-bond donors (Lipinski definition) is 0. The van der Waals surface area contributed by atoms with Gasteiger partial charge in [0.1, 0.15) is 0 Å². The van der Waals surface area contributed by atoms with Gasteiger partial charge >= 0.3 is 0 Å². The molecular weight excluding hydrogens is 302 g/mol. The van der Waals surface area contributed by atoms with Gasteiger partial charge in [-0.25, -0.2) is 8.42 Å². The molecule has 1 aliphatic rings. The number of carbonyl (C=O) groups is 1. The average molecular weight is 319 g/mol. The lowest BCUT2D eigenvalue weighted by Crippen LogP contribution is -2.33. The molecule has 0 aliphatic carbocycles. The summed E-state index contributed by atoms with van der Waals surface area (Å²) in [4.78, 5) is 11.5. The maximum Gasteiger partial charge on any atom is 0.276 e. The highest BCUT2D eigenvalue weighted by Crippen LogP contribution is 2.23. The highest BCUT2D eigenvalue weighted by molar-refractivity contribution is 7.89. The Bertz CT molecular complexity index is 794. The Hall–Kier alpha value is -1.92. The molecule has 0 N–H and O–H groups in total. The van der Waals surface area contributed by atoms with E-state index in [1.807, 2.05) is 12.1 Å². The first kappa shape index (κ1) is 15.0. The molecule has 0 amide bonds. The van der Waals surface area contributed by atoms with Gasteiger partial charge in [0, 0.05) is 18.7 Å². The second-order valence-electron chi connectivity index (χ2n) is 5.38. The Morgan fingerprint density at radius 2 is 1.86 bits per heavy atom. The molecule has 0 saturated heterocycles. The number of rotatable bonds is 3. The second kappa shape index (κ2) is 5.70. The lowest BCUT2D eigenvalue weighted by atomic mass is 9.99. The van der Waals surface area contributed by atoms with Crippen molar-refractivity contribution in [3.05, 3.63) is 53.3 Å². The molecule has 1 aliphatic heterocycles. The molecular formula is C16H17NO4S. The van der Waals surface area contributed by atoms with Crippen LogP contribution in [0.4, 0.5) is 0 Å². The lowest BCUT2D eigenvalue weighted by Gasteiger charge is -2.17. The zero-order chi connectivity index (χ0) is 15.7. The molecule has 0 unspecified atom stereocenters. The molecule has 2 aromatic rings. The Morgan fingerprint density at radius 3 is 2.50 bits per heavy atom. The predicted octanol–water partition coefficient (Wildman–Crippen LogP) is 2.27. The van der Waals surface area contributed by atoms with E-state index in [4.69, 9.17) is 4.42 Å². The number of furan rings is 1. The summed E-state index contributed by atoms with van der Waals surface area (Å²) in [6.07, 6.45) is 2.59. The summed E-state index contributed by atoms with van der Waals surface area (Å²) in [6, 6.07) is 8.63. The zero-order valence-electron chi connectivity index (χ0n) is 12.3. The van der Waals surface area contributed by atoms with Gasteiger partial charge in [0.25, 0.3) is 10.0 Å². The van der Waals surface area contributed by atoms with Crippen molar-refractivity contribution in [2.75, 3.05) is 13.1 Å². The topological polar surface area (TPSA) is 67.6 Å². The Kier molecular flexibility index (Phi) is 3.88. The molecule has 0 radical (unpaired) electrons. The van der Waals surface area contributed by atoms with E-state index >= 15 is 0 Å². The predicted molar refractivity (Wildman–Crippen MR) is 81.3 cm³/mol. The highest BCUT2D eigenvalue weighted by atomic mass is 32.2. The Labute approximate surface area is 129 Å². The molecule has 0 fully saturated rings. The van der Waals surface area contributed by atoms with Crippen LogP contribution in [0.15, 0.2) is 46.1 Å². The number of nitrogens with zero attached hydrogens (tertiary/aromatic N) is 1. The second-order valence-corrected chi connectivity index (χ2v) is 7.24. The standard InChI is InChI=1S/C16H17NO4S/c1-12(18)14-5-4-13-6-8-17(9-7-15(13)11-14)22(19,20)16-3-2-10-21-16/h2-5,10-11H,6-9H2,1H3. The van der Waals surface area contributed by atoms with Gasteiger partial charge in [0.15, 0.2) is 5.78 Å². The molecule has 116 valence electrons. The van der Waals surface area contributed by atoms with Gasteiger partial charge in [0.05, 0.1) is 6.26 Å².